The minimum Gasteiger partial charge on any atom is -0.103 e. The molecule has 1 aromatic rings. The summed E-state index contributed by atoms with van der Waals surface area (Å²) in [6.45, 7) is 7.45. The summed E-state index contributed by atoms with van der Waals surface area (Å²) in [6, 6.07) is 10.4. The molecule has 0 saturated carbocycles. The molecule has 1 aromatic carbocycles. The maximum Gasteiger partial charge on any atom is 0.00554 e. The number of allylic oxidation sites excluding steroid dienone is 4. The second-order valence-corrected chi connectivity index (χ2v) is 3.16. The lowest BCUT2D eigenvalue weighted by Crippen LogP contribution is -1.92. The highest BCUT2D eigenvalue weighted by atomic mass is 14.1. The van der Waals surface area contributed by atoms with Crippen LogP contribution in [0.2, 0.25) is 0 Å². The highest BCUT2D eigenvalue weighted by Crippen LogP contribution is 2.21. The molecule has 0 heteroatoms. The molecule has 0 aliphatic heterocycles. The average Bonchev–Trinajstić information content (AvgIpc) is 2.25. The molecule has 0 saturated heterocycles. The third-order valence-corrected chi connectivity index (χ3v) is 2.13. The van der Waals surface area contributed by atoms with Crippen LogP contribution in [0.3, 0.4) is 0 Å². The van der Waals surface area contributed by atoms with E-state index in [1.165, 1.54) is 5.56 Å². The van der Waals surface area contributed by atoms with Gasteiger partial charge in [-0.3, -0.25) is 0 Å². The Morgan fingerprint density at radius 3 is 2.43 bits per heavy atom. The summed E-state index contributed by atoms with van der Waals surface area (Å²) < 4.78 is 0. The second-order valence-electron chi connectivity index (χ2n) is 3.16. The largest absolute Gasteiger partial charge is 0.103 e. The van der Waals surface area contributed by atoms with Crippen LogP contribution in [-0.4, -0.2) is 0 Å². The third kappa shape index (κ3) is 3.06. The van der Waals surface area contributed by atoms with Crippen molar-refractivity contribution in [1.82, 2.24) is 0 Å². The fourth-order valence-corrected chi connectivity index (χ4v) is 1.42. The number of rotatable bonds is 5. The van der Waals surface area contributed by atoms with Crippen molar-refractivity contribution in [2.45, 2.75) is 12.3 Å². The molecule has 0 nitrogen and oxygen atoms in total. The van der Waals surface area contributed by atoms with E-state index in [1.807, 2.05) is 18.2 Å². The molecule has 0 fully saturated rings. The van der Waals surface area contributed by atoms with E-state index < -0.39 is 0 Å². The Labute approximate surface area is 86.3 Å². The Balaban J connectivity index is 2.82. The molecule has 0 N–H and O–H groups in total. The van der Waals surface area contributed by atoms with Gasteiger partial charge >= 0.3 is 0 Å². The molecule has 0 amide bonds. The van der Waals surface area contributed by atoms with E-state index in [2.05, 4.69) is 43.5 Å². The smallest absolute Gasteiger partial charge is 0.00554 e. The lowest BCUT2D eigenvalue weighted by atomic mass is 9.95. The van der Waals surface area contributed by atoms with Gasteiger partial charge in [0.2, 0.25) is 0 Å². The van der Waals surface area contributed by atoms with Crippen molar-refractivity contribution in [3.63, 3.8) is 0 Å². The molecular weight excluding hydrogens is 168 g/mol. The van der Waals surface area contributed by atoms with Gasteiger partial charge in [0.1, 0.15) is 0 Å². The van der Waals surface area contributed by atoms with Crippen LogP contribution in [-0.2, 0) is 0 Å². The van der Waals surface area contributed by atoms with Crippen LogP contribution in [0.1, 0.15) is 17.9 Å². The van der Waals surface area contributed by atoms with Gasteiger partial charge in [0.15, 0.2) is 0 Å². The summed E-state index contributed by atoms with van der Waals surface area (Å²) in [6.07, 6.45) is 8.86. The van der Waals surface area contributed by atoms with Crippen molar-refractivity contribution in [1.29, 1.82) is 0 Å². The van der Waals surface area contributed by atoms with E-state index in [-0.39, 0.29) is 0 Å². The van der Waals surface area contributed by atoms with Crippen LogP contribution in [0.15, 0.2) is 67.8 Å². The van der Waals surface area contributed by atoms with Gasteiger partial charge in [-0.05, 0) is 12.0 Å². The lowest BCUT2D eigenvalue weighted by molar-refractivity contribution is 0.865. The Morgan fingerprint density at radius 1 is 1.14 bits per heavy atom. The predicted molar refractivity (Wildman–Crippen MR) is 63.3 cm³/mol. The van der Waals surface area contributed by atoms with Gasteiger partial charge in [0.05, 0.1) is 0 Å². The SMILES string of the molecule is C=C/C=C/C(CC=C)c1ccccc1. The summed E-state index contributed by atoms with van der Waals surface area (Å²) in [4.78, 5) is 0. The van der Waals surface area contributed by atoms with E-state index in [4.69, 9.17) is 0 Å². The lowest BCUT2D eigenvalue weighted by Gasteiger charge is -2.09. The zero-order chi connectivity index (χ0) is 10.2. The third-order valence-electron chi connectivity index (χ3n) is 2.13. The fourth-order valence-electron chi connectivity index (χ4n) is 1.42. The van der Waals surface area contributed by atoms with E-state index in [9.17, 15) is 0 Å². The molecule has 0 aliphatic rings. The van der Waals surface area contributed by atoms with Gasteiger partial charge in [-0.15, -0.1) is 6.58 Å². The molecular formula is C14H16. The molecule has 0 heterocycles. The summed E-state index contributed by atoms with van der Waals surface area (Å²) in [5.41, 5.74) is 1.32. The Morgan fingerprint density at radius 2 is 1.86 bits per heavy atom. The van der Waals surface area contributed by atoms with Crippen molar-refractivity contribution < 1.29 is 0 Å². The quantitative estimate of drug-likeness (QED) is 0.477. The van der Waals surface area contributed by atoms with Crippen molar-refractivity contribution in [2.75, 3.05) is 0 Å². The molecule has 0 aromatic heterocycles. The van der Waals surface area contributed by atoms with Crippen LogP contribution in [0.5, 0.6) is 0 Å². The molecule has 1 atom stereocenters. The maximum atomic E-state index is 3.77. The molecule has 0 radical (unpaired) electrons. The number of benzene rings is 1. The first-order valence-corrected chi connectivity index (χ1v) is 4.83. The summed E-state index contributed by atoms with van der Waals surface area (Å²) in [7, 11) is 0. The summed E-state index contributed by atoms with van der Waals surface area (Å²) in [5, 5.41) is 0. The Bertz CT molecular complexity index is 306. The van der Waals surface area contributed by atoms with E-state index >= 15 is 0 Å². The zero-order valence-electron chi connectivity index (χ0n) is 8.39. The van der Waals surface area contributed by atoms with Gasteiger partial charge < -0.3 is 0 Å². The standard InChI is InChI=1S/C14H16/c1-3-5-10-13(9-4-2)14-11-7-6-8-12-14/h3-8,10-13H,1-2,9H2/b10-5+. The first-order chi connectivity index (χ1) is 6.88. The molecule has 0 spiro atoms. The first-order valence-electron chi connectivity index (χ1n) is 4.83. The van der Waals surface area contributed by atoms with Crippen LogP contribution in [0.4, 0.5) is 0 Å². The van der Waals surface area contributed by atoms with Gasteiger partial charge in [0, 0.05) is 5.92 Å². The molecule has 72 valence electrons. The van der Waals surface area contributed by atoms with Gasteiger partial charge in [-0.2, -0.15) is 0 Å². The normalized spacial score (nSPS) is 12.6. The van der Waals surface area contributed by atoms with E-state index in [0.29, 0.717) is 5.92 Å². The zero-order valence-corrected chi connectivity index (χ0v) is 8.39. The van der Waals surface area contributed by atoms with Crippen molar-refractivity contribution in [3.05, 3.63) is 73.4 Å². The summed E-state index contributed by atoms with van der Waals surface area (Å²) >= 11 is 0. The van der Waals surface area contributed by atoms with Crippen molar-refractivity contribution >= 4 is 0 Å². The summed E-state index contributed by atoms with van der Waals surface area (Å²) in [5.74, 6) is 0.423. The number of hydrogen-bond acceptors (Lipinski definition) is 0. The van der Waals surface area contributed by atoms with Crippen molar-refractivity contribution in [3.8, 4) is 0 Å². The maximum absolute atomic E-state index is 3.77. The monoisotopic (exact) mass is 184 g/mol. The average molecular weight is 184 g/mol. The molecule has 0 aliphatic carbocycles. The Hall–Kier alpha value is -1.56. The highest BCUT2D eigenvalue weighted by molar-refractivity contribution is 5.25. The molecule has 1 rings (SSSR count). The van der Waals surface area contributed by atoms with Crippen LogP contribution < -0.4 is 0 Å². The Kier molecular flexibility index (Phi) is 4.49. The molecule has 14 heavy (non-hydrogen) atoms. The van der Waals surface area contributed by atoms with Crippen molar-refractivity contribution in [2.24, 2.45) is 0 Å². The van der Waals surface area contributed by atoms with E-state index in [0.717, 1.165) is 6.42 Å². The molecule has 0 bridgehead atoms. The van der Waals surface area contributed by atoms with Gasteiger partial charge in [-0.25, -0.2) is 0 Å². The predicted octanol–water partition coefficient (Wildman–Crippen LogP) is 4.09. The minimum absolute atomic E-state index is 0.423. The van der Waals surface area contributed by atoms with Crippen LogP contribution in [0, 0.1) is 0 Å². The van der Waals surface area contributed by atoms with Gasteiger partial charge in [-0.1, -0.05) is 61.2 Å². The number of hydrogen-bond donors (Lipinski definition) is 0. The van der Waals surface area contributed by atoms with Gasteiger partial charge in [0.25, 0.3) is 0 Å². The second kappa shape index (κ2) is 5.98. The highest BCUT2D eigenvalue weighted by Gasteiger charge is 2.03. The topological polar surface area (TPSA) is 0 Å². The van der Waals surface area contributed by atoms with Crippen LogP contribution in [0.25, 0.3) is 0 Å². The van der Waals surface area contributed by atoms with E-state index in [1.54, 1.807) is 6.08 Å². The minimum atomic E-state index is 0.423. The molecule has 1 unspecified atom stereocenters. The first kappa shape index (κ1) is 10.5. The van der Waals surface area contributed by atoms with Crippen LogP contribution >= 0.6 is 0 Å². The fraction of sp³-hybridized carbons (Fsp3) is 0.143.